The molecule has 0 bridgehead atoms. The fraction of sp³-hybridized carbons (Fsp3) is 0.250. The van der Waals surface area contributed by atoms with Gasteiger partial charge in [-0.25, -0.2) is 14.2 Å². The molecule has 2 N–H and O–H groups in total. The van der Waals surface area contributed by atoms with Crippen LogP contribution in [0.1, 0.15) is 35.8 Å². The number of amides is 1. The minimum atomic E-state index is -4.83. The molecule has 0 saturated heterocycles. The van der Waals surface area contributed by atoms with Crippen molar-refractivity contribution in [2.24, 2.45) is 0 Å². The lowest BCUT2D eigenvalue weighted by Crippen LogP contribution is -2.42. The van der Waals surface area contributed by atoms with E-state index in [0.29, 0.717) is 11.4 Å². The first-order valence-corrected chi connectivity index (χ1v) is 9.61. The van der Waals surface area contributed by atoms with Crippen molar-refractivity contribution < 1.29 is 27.8 Å². The van der Waals surface area contributed by atoms with Crippen molar-refractivity contribution in [3.63, 3.8) is 0 Å². The first-order valence-electron chi connectivity index (χ1n) is 9.61. The third kappa shape index (κ3) is 4.92. The van der Waals surface area contributed by atoms with Gasteiger partial charge in [0.25, 0.3) is 5.91 Å². The van der Waals surface area contributed by atoms with Gasteiger partial charge in [-0.15, -0.1) is 18.3 Å². The van der Waals surface area contributed by atoms with Crippen molar-refractivity contribution in [3.05, 3.63) is 66.2 Å². The zero-order valence-corrected chi connectivity index (χ0v) is 17.4. The Morgan fingerprint density at radius 2 is 1.88 bits per heavy atom. The fourth-order valence-corrected chi connectivity index (χ4v) is 3.22. The average Bonchev–Trinajstić information content (AvgIpc) is 3.40. The molecule has 4 rings (SSSR count). The highest BCUT2D eigenvalue weighted by atomic mass is 19.4. The topological polar surface area (TPSA) is 119 Å². The second-order valence-corrected chi connectivity index (χ2v) is 7.64. The number of hydrogen-bond donors (Lipinski definition) is 2. The summed E-state index contributed by atoms with van der Waals surface area (Å²) in [5, 5.41) is 25.0. The molecular formula is C20H18F3N7O3. The number of benzene rings is 1. The van der Waals surface area contributed by atoms with Gasteiger partial charge in [-0.1, -0.05) is 17.3 Å². The summed E-state index contributed by atoms with van der Waals surface area (Å²) in [7, 11) is 0. The lowest BCUT2D eigenvalue weighted by Gasteiger charge is -2.30. The quantitative estimate of drug-likeness (QED) is 0.453. The summed E-state index contributed by atoms with van der Waals surface area (Å²) in [6, 6.07) is 5.56. The summed E-state index contributed by atoms with van der Waals surface area (Å²) in [6.07, 6.45) is 1.17. The third-order valence-corrected chi connectivity index (χ3v) is 4.69. The van der Waals surface area contributed by atoms with Gasteiger partial charge in [-0.3, -0.25) is 4.79 Å². The van der Waals surface area contributed by atoms with Crippen LogP contribution in [0.5, 0.6) is 5.75 Å². The molecule has 33 heavy (non-hydrogen) atoms. The van der Waals surface area contributed by atoms with E-state index < -0.39 is 29.7 Å². The Bertz CT molecular complexity index is 1260. The lowest BCUT2D eigenvalue weighted by molar-refractivity contribution is -0.274. The number of ether oxygens (including phenoxy) is 1. The molecule has 0 aliphatic carbocycles. The van der Waals surface area contributed by atoms with Gasteiger partial charge < -0.3 is 15.2 Å². The van der Waals surface area contributed by atoms with Crippen LogP contribution in [0, 0.1) is 0 Å². The van der Waals surface area contributed by atoms with Gasteiger partial charge in [0.1, 0.15) is 11.3 Å². The number of halogens is 3. The maximum absolute atomic E-state index is 13.1. The Hall–Kier alpha value is -4.00. The van der Waals surface area contributed by atoms with E-state index >= 15 is 0 Å². The van der Waals surface area contributed by atoms with E-state index in [1.807, 2.05) is 0 Å². The Morgan fingerprint density at radius 1 is 1.15 bits per heavy atom. The highest BCUT2D eigenvalue weighted by Gasteiger charge is 2.33. The Balaban J connectivity index is 1.62. The molecule has 4 aromatic rings. The number of alkyl halides is 3. The van der Waals surface area contributed by atoms with Crippen molar-refractivity contribution in [2.45, 2.75) is 31.9 Å². The molecule has 0 unspecified atom stereocenters. The van der Waals surface area contributed by atoms with E-state index in [4.69, 9.17) is 0 Å². The van der Waals surface area contributed by atoms with Gasteiger partial charge in [0.2, 0.25) is 0 Å². The molecule has 10 nitrogen and oxygen atoms in total. The van der Waals surface area contributed by atoms with Crippen LogP contribution in [-0.4, -0.2) is 52.6 Å². The van der Waals surface area contributed by atoms with Gasteiger partial charge in [-0.2, -0.15) is 5.10 Å². The summed E-state index contributed by atoms with van der Waals surface area (Å²) < 4.78 is 44.0. The molecule has 1 aromatic carbocycles. The Labute approximate surface area is 184 Å². The molecule has 3 heterocycles. The number of fused-ring (bicyclic) bond motifs is 1. The van der Waals surface area contributed by atoms with Crippen molar-refractivity contribution in [3.8, 4) is 11.6 Å². The summed E-state index contributed by atoms with van der Waals surface area (Å²) in [5.41, 5.74) is -0.713. The zero-order chi connectivity index (χ0) is 23.8. The molecular weight excluding hydrogens is 443 g/mol. The van der Waals surface area contributed by atoms with Crippen LogP contribution >= 0.6 is 0 Å². The summed E-state index contributed by atoms with van der Waals surface area (Å²) in [4.78, 5) is 17.5. The lowest BCUT2D eigenvalue weighted by atomic mass is 9.91. The number of rotatable bonds is 6. The standard InChI is InChI=1S/C20H18F3N7O3/c1-19(2,32)16(12-3-5-13(6-4-12)33-20(21,22)23)27-18(31)14-11-25-30-9-7-15(26-17(14)30)29-10-8-24-28-29/h3-11,16,32H,1-2H3,(H,27,31)/t16-/m0/s1. The predicted molar refractivity (Wildman–Crippen MR) is 108 cm³/mol. The molecule has 1 amide bonds. The van der Waals surface area contributed by atoms with Crippen LogP contribution in [0.4, 0.5) is 13.2 Å². The number of carbonyl (C=O) groups is 1. The fourth-order valence-electron chi connectivity index (χ4n) is 3.22. The van der Waals surface area contributed by atoms with Crippen LogP contribution in [0.25, 0.3) is 11.5 Å². The van der Waals surface area contributed by atoms with Crippen LogP contribution in [0.2, 0.25) is 0 Å². The largest absolute Gasteiger partial charge is 0.573 e. The molecule has 0 radical (unpaired) electrons. The highest BCUT2D eigenvalue weighted by molar-refractivity contribution is 6.00. The summed E-state index contributed by atoms with van der Waals surface area (Å²) >= 11 is 0. The average molecular weight is 461 g/mol. The number of hydrogen-bond acceptors (Lipinski definition) is 7. The van der Waals surface area contributed by atoms with E-state index in [0.717, 1.165) is 12.1 Å². The van der Waals surface area contributed by atoms with Gasteiger partial charge in [0.15, 0.2) is 11.5 Å². The maximum atomic E-state index is 13.1. The highest BCUT2D eigenvalue weighted by Crippen LogP contribution is 2.29. The second kappa shape index (κ2) is 8.16. The van der Waals surface area contributed by atoms with Gasteiger partial charge in [0, 0.05) is 12.3 Å². The molecule has 1 atom stereocenters. The Morgan fingerprint density at radius 3 is 2.48 bits per heavy atom. The van der Waals surface area contributed by atoms with Crippen molar-refractivity contribution >= 4 is 11.6 Å². The van der Waals surface area contributed by atoms with E-state index in [2.05, 4.69) is 30.4 Å². The van der Waals surface area contributed by atoms with E-state index in [1.165, 1.54) is 47.6 Å². The molecule has 0 aliphatic heterocycles. The van der Waals surface area contributed by atoms with Crippen molar-refractivity contribution in [2.75, 3.05) is 0 Å². The first kappa shape index (κ1) is 22.2. The van der Waals surface area contributed by atoms with Gasteiger partial charge in [-0.05, 0) is 31.5 Å². The van der Waals surface area contributed by atoms with E-state index in [1.54, 1.807) is 18.5 Å². The minimum Gasteiger partial charge on any atom is -0.406 e. The number of aromatic nitrogens is 6. The number of nitrogens with one attached hydrogen (secondary N) is 1. The molecule has 3 aromatic heterocycles. The molecule has 172 valence electrons. The molecule has 0 fully saturated rings. The zero-order valence-electron chi connectivity index (χ0n) is 17.4. The van der Waals surface area contributed by atoms with E-state index in [-0.39, 0.29) is 11.2 Å². The summed E-state index contributed by atoms with van der Waals surface area (Å²) in [5.74, 6) is -0.593. The number of aliphatic hydroxyl groups is 1. The van der Waals surface area contributed by atoms with Gasteiger partial charge in [0.05, 0.1) is 30.2 Å². The molecule has 0 spiro atoms. The van der Waals surface area contributed by atoms with Crippen molar-refractivity contribution in [1.29, 1.82) is 0 Å². The Kier molecular flexibility index (Phi) is 5.49. The predicted octanol–water partition coefficient (Wildman–Crippen LogP) is 2.45. The summed E-state index contributed by atoms with van der Waals surface area (Å²) in [6.45, 7) is 2.94. The minimum absolute atomic E-state index is 0.128. The van der Waals surface area contributed by atoms with Crippen LogP contribution in [0.15, 0.2) is 55.1 Å². The van der Waals surface area contributed by atoms with Crippen LogP contribution in [-0.2, 0) is 0 Å². The van der Waals surface area contributed by atoms with Crippen LogP contribution < -0.4 is 10.1 Å². The third-order valence-electron chi connectivity index (χ3n) is 4.69. The maximum Gasteiger partial charge on any atom is 0.573 e. The van der Waals surface area contributed by atoms with E-state index in [9.17, 15) is 23.1 Å². The first-order chi connectivity index (χ1) is 15.5. The number of nitrogens with zero attached hydrogens (tertiary/aromatic N) is 6. The monoisotopic (exact) mass is 461 g/mol. The molecule has 0 aliphatic rings. The van der Waals surface area contributed by atoms with Crippen LogP contribution in [0.3, 0.4) is 0 Å². The number of carbonyl (C=O) groups excluding carboxylic acids is 1. The van der Waals surface area contributed by atoms with Gasteiger partial charge >= 0.3 is 6.36 Å². The normalized spacial score (nSPS) is 13.2. The smallest absolute Gasteiger partial charge is 0.406 e. The SMILES string of the molecule is CC(C)(O)[C@@H](NC(=O)c1cnn2ccc(-n3ccnn3)nc12)c1ccc(OC(F)(F)F)cc1. The second-order valence-electron chi connectivity index (χ2n) is 7.64. The molecule has 0 saturated carbocycles. The molecule has 13 heteroatoms. The van der Waals surface area contributed by atoms with Crippen molar-refractivity contribution in [1.82, 2.24) is 34.9 Å².